The van der Waals surface area contributed by atoms with Crippen molar-refractivity contribution in [3.63, 3.8) is 0 Å². The number of benzene rings is 1. The second-order valence-electron chi connectivity index (χ2n) is 9.03. The molecule has 1 aromatic rings. The summed E-state index contributed by atoms with van der Waals surface area (Å²) in [4.78, 5) is 0. The summed E-state index contributed by atoms with van der Waals surface area (Å²) in [5, 5.41) is 0. The van der Waals surface area contributed by atoms with E-state index in [4.69, 9.17) is 42.6 Å². The second kappa shape index (κ2) is 24.7. The van der Waals surface area contributed by atoms with Gasteiger partial charge in [0.05, 0.1) is 18.8 Å². The van der Waals surface area contributed by atoms with Gasteiger partial charge < -0.3 is 57.0 Å². The summed E-state index contributed by atoms with van der Waals surface area (Å²) in [6, 6.07) is 9.87. The SMILES string of the molecule is CC.CC.[CH2-]C1O[CH-]C(OC)C(OC)C1OC1OC2COC(C)(C)OC2C(OC)C1OC.[CH2-]c1ccccc1.[CH3-].[W+2].[Y]. The van der Waals surface area contributed by atoms with Crippen LogP contribution in [0, 0.1) is 27.9 Å². The van der Waals surface area contributed by atoms with Gasteiger partial charge in [0.1, 0.15) is 24.4 Å². The van der Waals surface area contributed by atoms with Crippen LogP contribution in [0.15, 0.2) is 30.3 Å². The third kappa shape index (κ3) is 13.5. The number of fused-ring (bicyclic) bond motifs is 1. The minimum absolute atomic E-state index is 0. The van der Waals surface area contributed by atoms with Crippen molar-refractivity contribution in [3.8, 4) is 0 Å². The van der Waals surface area contributed by atoms with Gasteiger partial charge in [0.25, 0.3) is 0 Å². The van der Waals surface area contributed by atoms with E-state index >= 15 is 0 Å². The molecule has 3 aliphatic heterocycles. The topological polar surface area (TPSA) is 83.1 Å². The number of hydrogen-bond donors (Lipinski definition) is 0. The molecule has 3 fully saturated rings. The summed E-state index contributed by atoms with van der Waals surface area (Å²) < 4.78 is 52.2. The van der Waals surface area contributed by atoms with Gasteiger partial charge in [0.2, 0.25) is 0 Å². The van der Waals surface area contributed by atoms with Gasteiger partial charge in [0, 0.05) is 61.1 Å². The molecule has 0 aliphatic carbocycles. The summed E-state index contributed by atoms with van der Waals surface area (Å²) in [6.07, 6.45) is -4.28. The third-order valence-corrected chi connectivity index (χ3v) is 6.23. The largest absolute Gasteiger partial charge is 2.00 e. The molecule has 4 rings (SSSR count). The zero-order chi connectivity index (χ0) is 29.6. The first-order valence-electron chi connectivity index (χ1n) is 13.7. The molecule has 3 saturated heterocycles. The predicted molar refractivity (Wildman–Crippen MR) is 156 cm³/mol. The normalized spacial score (nSPS) is 32.5. The Kier molecular flexibility index (Phi) is 27.6. The van der Waals surface area contributed by atoms with Crippen LogP contribution < -0.4 is 0 Å². The molecular weight excluding hydrogens is 789 g/mol. The van der Waals surface area contributed by atoms with Crippen molar-refractivity contribution in [2.24, 2.45) is 0 Å². The molecule has 9 unspecified atom stereocenters. The zero-order valence-corrected chi connectivity index (χ0v) is 33.2. The molecule has 243 valence electrons. The Labute approximate surface area is 295 Å². The van der Waals surface area contributed by atoms with Gasteiger partial charge in [-0.15, -0.1) is 12.1 Å². The van der Waals surface area contributed by atoms with Gasteiger partial charge in [-0.2, -0.15) is 31.2 Å². The van der Waals surface area contributed by atoms with E-state index in [-0.39, 0.29) is 73.4 Å². The Morgan fingerprint density at radius 2 is 1.40 bits per heavy atom. The van der Waals surface area contributed by atoms with E-state index < -0.39 is 48.7 Å². The molecule has 0 amide bonds. The maximum absolute atomic E-state index is 6.27. The molecule has 9 nitrogen and oxygen atoms in total. The van der Waals surface area contributed by atoms with E-state index in [1.807, 2.05) is 71.9 Å². The van der Waals surface area contributed by atoms with E-state index in [1.54, 1.807) is 35.0 Å². The summed E-state index contributed by atoms with van der Waals surface area (Å²) >= 11 is 0. The van der Waals surface area contributed by atoms with Crippen LogP contribution in [0.1, 0.15) is 47.1 Å². The zero-order valence-electron chi connectivity index (χ0n) is 27.4. The fraction of sp³-hybridized carbons (Fsp3) is 0.677. The molecule has 0 spiro atoms. The molecule has 0 bridgehead atoms. The monoisotopic (exact) mass is 843 g/mol. The summed E-state index contributed by atoms with van der Waals surface area (Å²) in [5.74, 6) is -0.731. The molecule has 9 atom stereocenters. The second-order valence-corrected chi connectivity index (χ2v) is 9.03. The molecule has 3 aliphatic rings. The van der Waals surface area contributed by atoms with Crippen molar-refractivity contribution in [2.45, 2.75) is 102 Å². The van der Waals surface area contributed by atoms with E-state index in [0.29, 0.717) is 6.61 Å². The molecule has 42 heavy (non-hydrogen) atoms. The van der Waals surface area contributed by atoms with Crippen LogP contribution >= 0.6 is 0 Å². The third-order valence-electron chi connectivity index (χ3n) is 6.23. The van der Waals surface area contributed by atoms with Gasteiger partial charge in [-0.1, -0.05) is 39.9 Å². The van der Waals surface area contributed by atoms with Crippen molar-refractivity contribution >= 4 is 0 Å². The van der Waals surface area contributed by atoms with Crippen LogP contribution in [-0.2, 0) is 96.4 Å². The van der Waals surface area contributed by atoms with Gasteiger partial charge in [0.15, 0.2) is 12.1 Å². The first-order valence-corrected chi connectivity index (χ1v) is 13.7. The molecule has 1 radical (unpaired) electrons. The number of methoxy groups -OCH3 is 4. The molecule has 0 N–H and O–H groups in total. The average molecular weight is 844 g/mol. The van der Waals surface area contributed by atoms with Crippen molar-refractivity contribution in [3.05, 3.63) is 63.8 Å². The number of ether oxygens (including phenoxy) is 9. The van der Waals surface area contributed by atoms with Gasteiger partial charge in [-0.25, -0.2) is 0 Å². The van der Waals surface area contributed by atoms with Crippen molar-refractivity contribution in [2.75, 3.05) is 35.0 Å². The van der Waals surface area contributed by atoms with Crippen LogP contribution in [0.3, 0.4) is 0 Å². The quantitative estimate of drug-likeness (QED) is 0.365. The van der Waals surface area contributed by atoms with Crippen molar-refractivity contribution < 1.29 is 96.4 Å². The molecular formula is C31H54O9WY-2. The fourth-order valence-electron chi connectivity index (χ4n) is 4.41. The summed E-state index contributed by atoms with van der Waals surface area (Å²) in [7, 11) is 6.37. The van der Waals surface area contributed by atoms with Crippen molar-refractivity contribution in [1.82, 2.24) is 0 Å². The summed E-state index contributed by atoms with van der Waals surface area (Å²) in [6.45, 7) is 21.4. The minimum Gasteiger partial charge on any atom is -0.569 e. The van der Waals surface area contributed by atoms with E-state index in [0.717, 1.165) is 5.56 Å². The molecule has 0 aromatic heterocycles. The van der Waals surface area contributed by atoms with E-state index in [1.165, 1.54) is 0 Å². The van der Waals surface area contributed by atoms with Crippen molar-refractivity contribution in [1.29, 1.82) is 0 Å². The van der Waals surface area contributed by atoms with Crippen LogP contribution in [0.2, 0.25) is 0 Å². The van der Waals surface area contributed by atoms with E-state index in [2.05, 4.69) is 13.8 Å². The van der Waals surface area contributed by atoms with Gasteiger partial charge in [-0.3, -0.25) is 0 Å². The Morgan fingerprint density at radius 3 is 1.86 bits per heavy atom. The van der Waals surface area contributed by atoms with Crippen LogP contribution in [-0.4, -0.2) is 96.0 Å². The average Bonchev–Trinajstić information content (AvgIpc) is 2.96. The number of hydrogen-bond acceptors (Lipinski definition) is 9. The smallest absolute Gasteiger partial charge is 0.569 e. The van der Waals surface area contributed by atoms with Crippen LogP contribution in [0.25, 0.3) is 0 Å². The standard InChI is InChI=1S/C19H32O9.C7H7.2C2H6.CH3.W.Y/c1-10-13(14(21-5)11(20-4)8-24-10)27-18-17(23-7)16(22-6)15-12(26-18)9-25-19(2,3)28-15;1-7-5-3-2-4-6-7;2*1-2;;;/h8,10-18H,1,9H2,2-7H3;2-6H,1H2;2*1-2H3;1H3;;/q-2;-1;;;-1;+2;. The molecule has 0 saturated carbocycles. The van der Waals surface area contributed by atoms with Gasteiger partial charge >= 0.3 is 21.1 Å². The summed E-state index contributed by atoms with van der Waals surface area (Å²) in [5.41, 5.74) is 1.07. The Morgan fingerprint density at radius 1 is 0.857 bits per heavy atom. The predicted octanol–water partition coefficient (Wildman–Crippen LogP) is 5.07. The maximum Gasteiger partial charge on any atom is 2.00 e. The minimum atomic E-state index is -0.754. The fourth-order valence-corrected chi connectivity index (χ4v) is 4.41. The first-order chi connectivity index (χ1) is 18.7. The number of rotatable bonds is 6. The molecule has 3 heterocycles. The maximum atomic E-state index is 6.27. The molecule has 1 aromatic carbocycles. The Bertz CT molecular complexity index is 761. The van der Waals surface area contributed by atoms with E-state index in [9.17, 15) is 0 Å². The molecule has 11 heteroatoms. The van der Waals surface area contributed by atoms with Crippen LogP contribution in [0.5, 0.6) is 0 Å². The van der Waals surface area contributed by atoms with Crippen LogP contribution in [0.4, 0.5) is 0 Å². The first kappa shape index (κ1) is 46.9. The van der Waals surface area contributed by atoms with Gasteiger partial charge in [-0.05, 0) is 20.0 Å². The Hall–Kier alpha value is 0.522. The Balaban J connectivity index is -0.000000933.